The van der Waals surface area contributed by atoms with Gasteiger partial charge in [-0.2, -0.15) is 0 Å². The van der Waals surface area contributed by atoms with Crippen molar-refractivity contribution in [1.82, 2.24) is 15.0 Å². The van der Waals surface area contributed by atoms with E-state index in [-0.39, 0.29) is 12.6 Å². The first kappa shape index (κ1) is 21.4. The molecule has 0 unspecified atom stereocenters. The molecule has 0 fully saturated rings. The molecule has 0 radical (unpaired) electrons. The molecule has 3 heterocycles. The van der Waals surface area contributed by atoms with Gasteiger partial charge in [0.1, 0.15) is 28.5 Å². The molecule has 0 aliphatic carbocycles. The zero-order valence-electron chi connectivity index (χ0n) is 18.7. The fraction of sp³-hybridized carbons (Fsp3) is 0.240. The Balaban J connectivity index is 1.51. The average molecular weight is 461 g/mol. The number of aromatic nitrogens is 3. The van der Waals surface area contributed by atoms with Crippen LogP contribution >= 0.6 is 11.3 Å². The number of hydrogen-bond acceptors (Lipinski definition) is 7. The maximum absolute atomic E-state index is 12.5. The molecule has 0 aliphatic rings. The normalized spacial score (nSPS) is 11.5. The number of carbonyl (C=O) groups excluding carboxylic acids is 1. The Bertz CT molecular complexity index is 1490. The van der Waals surface area contributed by atoms with Gasteiger partial charge in [0.2, 0.25) is 0 Å². The standard InChI is InChI=1S/C25H24N4O3S/c1-4-15-6-5-7-18-17-9-8-16(12-19(17)29-21(15)18)28-23-20-14(2)22(25(30)32-11-10-31-3)33-24(20)27-13-26-23/h5-9,12-13,29H,4,10-11H2,1-3H3,(H,26,27,28). The van der Waals surface area contributed by atoms with Gasteiger partial charge in [0.05, 0.1) is 12.0 Å². The van der Waals surface area contributed by atoms with E-state index >= 15 is 0 Å². The largest absolute Gasteiger partial charge is 0.459 e. The molecule has 2 N–H and O–H groups in total. The number of fused-ring (bicyclic) bond motifs is 4. The second-order valence-electron chi connectivity index (χ2n) is 7.79. The van der Waals surface area contributed by atoms with Crippen LogP contribution < -0.4 is 5.32 Å². The molecule has 0 bridgehead atoms. The minimum absolute atomic E-state index is 0.212. The lowest BCUT2D eigenvalue weighted by molar-refractivity contribution is 0.0393. The highest BCUT2D eigenvalue weighted by Gasteiger charge is 2.20. The molecule has 0 atom stereocenters. The monoisotopic (exact) mass is 460 g/mol. The van der Waals surface area contributed by atoms with E-state index in [9.17, 15) is 4.79 Å². The highest BCUT2D eigenvalue weighted by atomic mass is 32.1. The quantitative estimate of drug-likeness (QED) is 0.238. The summed E-state index contributed by atoms with van der Waals surface area (Å²) >= 11 is 1.31. The number of esters is 1. The molecule has 0 aliphatic heterocycles. The summed E-state index contributed by atoms with van der Waals surface area (Å²) in [6, 6.07) is 12.7. The molecule has 8 heteroatoms. The van der Waals surface area contributed by atoms with Crippen LogP contribution in [0.4, 0.5) is 11.5 Å². The molecule has 0 amide bonds. The number of carbonyl (C=O) groups is 1. The molecular formula is C25H24N4O3S. The van der Waals surface area contributed by atoms with Crippen molar-refractivity contribution >= 4 is 60.8 Å². The number of anilines is 2. The van der Waals surface area contributed by atoms with Crippen molar-refractivity contribution in [1.29, 1.82) is 0 Å². The van der Waals surface area contributed by atoms with Gasteiger partial charge in [-0.3, -0.25) is 0 Å². The van der Waals surface area contributed by atoms with Gasteiger partial charge in [0.15, 0.2) is 0 Å². The van der Waals surface area contributed by atoms with Crippen molar-refractivity contribution in [3.8, 4) is 0 Å². The van der Waals surface area contributed by atoms with E-state index in [1.54, 1.807) is 7.11 Å². The molecule has 7 nitrogen and oxygen atoms in total. The Morgan fingerprint density at radius 2 is 2.03 bits per heavy atom. The summed E-state index contributed by atoms with van der Waals surface area (Å²) < 4.78 is 10.3. The Labute approximate surface area is 194 Å². The number of hydrogen-bond donors (Lipinski definition) is 2. The Morgan fingerprint density at radius 3 is 2.85 bits per heavy atom. The molecular weight excluding hydrogens is 436 g/mol. The average Bonchev–Trinajstić information content (AvgIpc) is 3.37. The lowest BCUT2D eigenvalue weighted by atomic mass is 10.1. The van der Waals surface area contributed by atoms with Crippen LogP contribution in [0.5, 0.6) is 0 Å². The van der Waals surface area contributed by atoms with Gasteiger partial charge in [0.25, 0.3) is 0 Å². The van der Waals surface area contributed by atoms with Gasteiger partial charge < -0.3 is 19.8 Å². The SMILES string of the molecule is CCc1cccc2c1[nH]c1cc(Nc3ncnc4sc(C(=O)OCCOC)c(C)c34)ccc12. The zero-order valence-corrected chi connectivity index (χ0v) is 19.5. The molecule has 5 rings (SSSR count). The van der Waals surface area contributed by atoms with Crippen LogP contribution in [0.15, 0.2) is 42.7 Å². The number of ether oxygens (including phenoxy) is 2. The lowest BCUT2D eigenvalue weighted by Crippen LogP contribution is -2.09. The van der Waals surface area contributed by atoms with Crippen LogP contribution in [0.3, 0.4) is 0 Å². The molecule has 2 aromatic carbocycles. The van der Waals surface area contributed by atoms with Gasteiger partial charge in [-0.1, -0.05) is 31.2 Å². The molecule has 0 saturated carbocycles. The Hall–Kier alpha value is -3.49. The van der Waals surface area contributed by atoms with Gasteiger partial charge in [-0.05, 0) is 36.6 Å². The summed E-state index contributed by atoms with van der Waals surface area (Å²) in [6.45, 7) is 4.63. The van der Waals surface area contributed by atoms with E-state index < -0.39 is 0 Å². The van der Waals surface area contributed by atoms with Gasteiger partial charge in [-0.15, -0.1) is 11.3 Å². The fourth-order valence-electron chi connectivity index (χ4n) is 4.14. The van der Waals surface area contributed by atoms with Gasteiger partial charge >= 0.3 is 5.97 Å². The Kier molecular flexibility index (Phi) is 5.70. The number of H-pyrrole nitrogens is 1. The van der Waals surface area contributed by atoms with E-state index in [0.29, 0.717) is 17.3 Å². The number of nitrogens with one attached hydrogen (secondary N) is 2. The number of benzene rings is 2. The number of para-hydroxylation sites is 1. The maximum atomic E-state index is 12.5. The third-order valence-electron chi connectivity index (χ3n) is 5.80. The second kappa shape index (κ2) is 8.80. The number of methoxy groups -OCH3 is 1. The summed E-state index contributed by atoms with van der Waals surface area (Å²) in [6.07, 6.45) is 2.48. The van der Waals surface area contributed by atoms with Crippen LogP contribution in [0.1, 0.15) is 27.7 Å². The Morgan fingerprint density at radius 1 is 1.15 bits per heavy atom. The fourth-order valence-corrected chi connectivity index (χ4v) is 5.19. The van der Waals surface area contributed by atoms with E-state index in [2.05, 4.69) is 57.5 Å². The van der Waals surface area contributed by atoms with Crippen molar-refractivity contribution in [3.63, 3.8) is 0 Å². The first-order valence-electron chi connectivity index (χ1n) is 10.8. The second-order valence-corrected chi connectivity index (χ2v) is 8.79. The van der Waals surface area contributed by atoms with Gasteiger partial charge in [0, 0.05) is 34.6 Å². The summed E-state index contributed by atoms with van der Waals surface area (Å²) in [5.74, 6) is 0.291. The van der Waals surface area contributed by atoms with E-state index in [1.165, 1.54) is 39.5 Å². The van der Waals surface area contributed by atoms with E-state index in [4.69, 9.17) is 9.47 Å². The predicted octanol–water partition coefficient (Wildman–Crippen LogP) is 5.74. The first-order chi connectivity index (χ1) is 16.1. The minimum Gasteiger partial charge on any atom is -0.459 e. The molecule has 0 saturated heterocycles. The predicted molar refractivity (Wildman–Crippen MR) is 133 cm³/mol. The molecule has 5 aromatic rings. The molecule has 168 valence electrons. The minimum atomic E-state index is -0.371. The van der Waals surface area contributed by atoms with Crippen molar-refractivity contribution in [2.24, 2.45) is 0 Å². The van der Waals surface area contributed by atoms with E-state index in [1.807, 2.05) is 13.0 Å². The van der Waals surface area contributed by atoms with Crippen LogP contribution in [-0.4, -0.2) is 41.2 Å². The summed E-state index contributed by atoms with van der Waals surface area (Å²) in [4.78, 5) is 26.2. The lowest BCUT2D eigenvalue weighted by Gasteiger charge is -2.08. The van der Waals surface area contributed by atoms with Gasteiger partial charge in [-0.25, -0.2) is 14.8 Å². The van der Waals surface area contributed by atoms with Crippen molar-refractivity contribution in [2.45, 2.75) is 20.3 Å². The highest BCUT2D eigenvalue weighted by molar-refractivity contribution is 7.20. The number of aromatic amines is 1. The summed E-state index contributed by atoms with van der Waals surface area (Å²) in [5, 5.41) is 6.66. The number of aryl methyl sites for hydroxylation is 2. The zero-order chi connectivity index (χ0) is 22.9. The molecule has 0 spiro atoms. The summed E-state index contributed by atoms with van der Waals surface area (Å²) in [7, 11) is 1.57. The molecule has 33 heavy (non-hydrogen) atoms. The first-order valence-corrected chi connectivity index (χ1v) is 11.6. The van der Waals surface area contributed by atoms with Crippen LogP contribution in [-0.2, 0) is 15.9 Å². The number of thiophene rings is 1. The third kappa shape index (κ3) is 3.81. The van der Waals surface area contributed by atoms with Crippen LogP contribution in [0.2, 0.25) is 0 Å². The third-order valence-corrected chi connectivity index (χ3v) is 6.98. The smallest absolute Gasteiger partial charge is 0.348 e. The van der Waals surface area contributed by atoms with Crippen molar-refractivity contribution < 1.29 is 14.3 Å². The number of rotatable bonds is 7. The topological polar surface area (TPSA) is 89.1 Å². The molecule has 3 aromatic heterocycles. The van der Waals surface area contributed by atoms with Crippen molar-refractivity contribution in [3.05, 3.63) is 58.7 Å². The van der Waals surface area contributed by atoms with E-state index in [0.717, 1.165) is 33.4 Å². The number of nitrogens with zero attached hydrogens (tertiary/aromatic N) is 2. The van der Waals surface area contributed by atoms with Crippen LogP contribution in [0.25, 0.3) is 32.0 Å². The summed E-state index contributed by atoms with van der Waals surface area (Å²) in [5.41, 5.74) is 5.25. The van der Waals surface area contributed by atoms with Crippen LogP contribution in [0, 0.1) is 6.92 Å². The highest BCUT2D eigenvalue weighted by Crippen LogP contribution is 2.36. The maximum Gasteiger partial charge on any atom is 0.348 e. The van der Waals surface area contributed by atoms with Crippen molar-refractivity contribution in [2.75, 3.05) is 25.6 Å².